The molecule has 0 aliphatic heterocycles. The Balaban J connectivity index is 2.14. The molecule has 1 saturated carbocycles. The average molecular weight is 300 g/mol. The molecule has 0 saturated heterocycles. The number of carbonyl (C=O) groups excluding carboxylic acids is 2. The summed E-state index contributed by atoms with van der Waals surface area (Å²) in [6, 6.07) is 5.26. The number of likely N-dealkylation sites (N-methyl/N-ethyl adjacent to an activating group) is 1. The second-order valence-electron chi connectivity index (χ2n) is 5.19. The van der Waals surface area contributed by atoms with Gasteiger partial charge < -0.3 is 10.6 Å². The molecule has 1 aliphatic rings. The normalized spacial score (nSPS) is 21.0. The van der Waals surface area contributed by atoms with Gasteiger partial charge >= 0.3 is 6.18 Å². The van der Waals surface area contributed by atoms with Crippen molar-refractivity contribution in [3.63, 3.8) is 0 Å². The Morgan fingerprint density at radius 1 is 1.33 bits per heavy atom. The second-order valence-corrected chi connectivity index (χ2v) is 5.19. The van der Waals surface area contributed by atoms with Gasteiger partial charge in [0.25, 0.3) is 0 Å². The van der Waals surface area contributed by atoms with Crippen molar-refractivity contribution in [2.45, 2.75) is 18.5 Å². The van der Waals surface area contributed by atoms with Crippen LogP contribution in [0.3, 0.4) is 0 Å². The Kier molecular flexibility index (Phi) is 3.93. The van der Waals surface area contributed by atoms with Crippen LogP contribution >= 0.6 is 0 Å². The van der Waals surface area contributed by atoms with E-state index >= 15 is 0 Å². The van der Waals surface area contributed by atoms with E-state index in [2.05, 4.69) is 0 Å². The minimum atomic E-state index is -4.44. The van der Waals surface area contributed by atoms with Crippen molar-refractivity contribution in [2.24, 2.45) is 11.7 Å². The number of hydrogen-bond acceptors (Lipinski definition) is 2. The van der Waals surface area contributed by atoms with Crippen molar-refractivity contribution in [2.75, 3.05) is 13.6 Å². The van der Waals surface area contributed by atoms with Crippen molar-refractivity contribution < 1.29 is 22.8 Å². The van der Waals surface area contributed by atoms with Gasteiger partial charge in [0.05, 0.1) is 12.1 Å². The van der Waals surface area contributed by atoms with Crippen molar-refractivity contribution >= 4 is 11.8 Å². The van der Waals surface area contributed by atoms with Gasteiger partial charge in [-0.3, -0.25) is 9.59 Å². The number of benzene rings is 1. The third-order valence-electron chi connectivity index (χ3n) is 3.54. The monoisotopic (exact) mass is 300 g/mol. The summed E-state index contributed by atoms with van der Waals surface area (Å²) in [6.45, 7) is -0.233. The van der Waals surface area contributed by atoms with Gasteiger partial charge in [-0.2, -0.15) is 13.2 Å². The topological polar surface area (TPSA) is 63.4 Å². The molecule has 1 fully saturated rings. The summed E-state index contributed by atoms with van der Waals surface area (Å²) in [5.41, 5.74) is 4.43. The van der Waals surface area contributed by atoms with Crippen LogP contribution in [0, 0.1) is 5.92 Å². The van der Waals surface area contributed by atoms with Gasteiger partial charge in [-0.05, 0) is 24.0 Å². The van der Waals surface area contributed by atoms with E-state index in [0.717, 1.165) is 11.0 Å². The van der Waals surface area contributed by atoms with Crippen LogP contribution in [0.4, 0.5) is 13.2 Å². The third-order valence-corrected chi connectivity index (χ3v) is 3.54. The second kappa shape index (κ2) is 5.38. The van der Waals surface area contributed by atoms with Gasteiger partial charge in [0.15, 0.2) is 0 Å². The molecule has 0 bridgehead atoms. The maximum Gasteiger partial charge on any atom is 0.416 e. The number of amides is 2. The molecule has 21 heavy (non-hydrogen) atoms. The maximum atomic E-state index is 12.9. The highest BCUT2D eigenvalue weighted by molar-refractivity contribution is 5.87. The SMILES string of the molecule is CN(CC(N)=O)C(=O)[C@@H]1C[C@H]1c1ccccc1C(F)(F)F. The Labute approximate surface area is 119 Å². The highest BCUT2D eigenvalue weighted by Crippen LogP contribution is 2.51. The molecule has 2 amide bonds. The lowest BCUT2D eigenvalue weighted by molar-refractivity contribution is -0.138. The smallest absolute Gasteiger partial charge is 0.368 e. The number of halogens is 3. The lowest BCUT2D eigenvalue weighted by Crippen LogP contribution is -2.36. The first kappa shape index (κ1) is 15.3. The summed E-state index contributed by atoms with van der Waals surface area (Å²) in [5, 5.41) is 0. The van der Waals surface area contributed by atoms with Crippen molar-refractivity contribution in [1.82, 2.24) is 4.90 Å². The molecule has 0 radical (unpaired) electrons. The van der Waals surface area contributed by atoms with Crippen LogP contribution in [0.1, 0.15) is 23.5 Å². The van der Waals surface area contributed by atoms with Gasteiger partial charge in [0.1, 0.15) is 0 Å². The Bertz CT molecular complexity index is 572. The van der Waals surface area contributed by atoms with E-state index in [0.29, 0.717) is 6.42 Å². The molecular weight excluding hydrogens is 285 g/mol. The van der Waals surface area contributed by atoms with Crippen molar-refractivity contribution in [3.8, 4) is 0 Å². The molecule has 2 N–H and O–H groups in total. The van der Waals surface area contributed by atoms with Gasteiger partial charge in [-0.25, -0.2) is 0 Å². The van der Waals surface area contributed by atoms with E-state index in [1.807, 2.05) is 0 Å². The summed E-state index contributed by atoms with van der Waals surface area (Å²) >= 11 is 0. The standard InChI is InChI=1S/C14H15F3N2O2/c1-19(7-12(18)20)13(21)10-6-9(10)8-4-2-3-5-11(8)14(15,16)17/h2-5,9-10H,6-7H2,1H3,(H2,18,20)/t9-,10+/m0/s1. The number of rotatable bonds is 4. The van der Waals surface area contributed by atoms with Crippen LogP contribution in [0.5, 0.6) is 0 Å². The van der Waals surface area contributed by atoms with E-state index in [1.54, 1.807) is 0 Å². The molecule has 4 nitrogen and oxygen atoms in total. The maximum absolute atomic E-state index is 12.9. The van der Waals surface area contributed by atoms with Gasteiger partial charge in [0.2, 0.25) is 11.8 Å². The largest absolute Gasteiger partial charge is 0.416 e. The molecule has 1 aromatic rings. The van der Waals surface area contributed by atoms with Crippen LogP contribution < -0.4 is 5.73 Å². The van der Waals surface area contributed by atoms with E-state index < -0.39 is 29.5 Å². The summed E-state index contributed by atoms with van der Waals surface area (Å²) in [4.78, 5) is 24.0. The minimum absolute atomic E-state index is 0.135. The third kappa shape index (κ3) is 3.34. The zero-order valence-electron chi connectivity index (χ0n) is 11.4. The first-order valence-corrected chi connectivity index (χ1v) is 6.41. The average Bonchev–Trinajstić information content (AvgIpc) is 3.16. The summed E-state index contributed by atoms with van der Waals surface area (Å²) in [6.07, 6.45) is -4.08. The first-order chi connectivity index (χ1) is 9.71. The van der Waals surface area contributed by atoms with Crippen LogP contribution in [-0.2, 0) is 15.8 Å². The Morgan fingerprint density at radius 3 is 2.52 bits per heavy atom. The number of carbonyl (C=O) groups is 2. The zero-order valence-corrected chi connectivity index (χ0v) is 11.4. The number of nitrogens with zero attached hydrogens (tertiary/aromatic N) is 1. The summed E-state index contributed by atoms with van der Waals surface area (Å²) in [5.74, 6) is -1.97. The molecule has 0 aromatic heterocycles. The molecule has 7 heteroatoms. The van der Waals surface area contributed by atoms with Crippen LogP contribution in [0.2, 0.25) is 0 Å². The minimum Gasteiger partial charge on any atom is -0.368 e. The molecule has 0 heterocycles. The fraction of sp³-hybridized carbons (Fsp3) is 0.429. The summed E-state index contributed by atoms with van der Waals surface area (Å²) in [7, 11) is 1.41. The predicted octanol–water partition coefficient (Wildman–Crippen LogP) is 1.75. The van der Waals surface area contributed by atoms with Crippen molar-refractivity contribution in [1.29, 1.82) is 0 Å². The molecular formula is C14H15F3N2O2. The molecule has 0 spiro atoms. The van der Waals surface area contributed by atoms with Crippen LogP contribution in [0.25, 0.3) is 0 Å². The molecule has 114 valence electrons. The highest BCUT2D eigenvalue weighted by atomic mass is 19.4. The van der Waals surface area contributed by atoms with Gasteiger partial charge in [0, 0.05) is 13.0 Å². The molecule has 0 unspecified atom stereocenters. The zero-order chi connectivity index (χ0) is 15.8. The van der Waals surface area contributed by atoms with E-state index in [9.17, 15) is 22.8 Å². The Hall–Kier alpha value is -2.05. The van der Waals surface area contributed by atoms with Gasteiger partial charge in [-0.15, -0.1) is 0 Å². The van der Waals surface area contributed by atoms with E-state index in [4.69, 9.17) is 5.73 Å². The molecule has 2 atom stereocenters. The fourth-order valence-corrected chi connectivity index (χ4v) is 2.48. The number of alkyl halides is 3. The predicted molar refractivity (Wildman–Crippen MR) is 69.1 cm³/mol. The van der Waals surface area contributed by atoms with Gasteiger partial charge in [-0.1, -0.05) is 18.2 Å². The fourth-order valence-electron chi connectivity index (χ4n) is 2.48. The van der Waals surface area contributed by atoms with Crippen LogP contribution in [-0.4, -0.2) is 30.3 Å². The summed E-state index contributed by atoms with van der Waals surface area (Å²) < 4.78 is 38.8. The van der Waals surface area contributed by atoms with Crippen molar-refractivity contribution in [3.05, 3.63) is 35.4 Å². The highest BCUT2D eigenvalue weighted by Gasteiger charge is 2.48. The first-order valence-electron chi connectivity index (χ1n) is 6.41. The number of hydrogen-bond donors (Lipinski definition) is 1. The molecule has 2 rings (SSSR count). The lowest BCUT2D eigenvalue weighted by Gasteiger charge is -2.16. The quantitative estimate of drug-likeness (QED) is 0.921. The molecule has 1 aromatic carbocycles. The van der Waals surface area contributed by atoms with Crippen LogP contribution in [0.15, 0.2) is 24.3 Å². The molecule has 1 aliphatic carbocycles. The van der Waals surface area contributed by atoms with E-state index in [-0.39, 0.29) is 18.0 Å². The lowest BCUT2D eigenvalue weighted by atomic mass is 10.0. The number of nitrogens with two attached hydrogens (primary N) is 1. The Morgan fingerprint density at radius 2 is 1.95 bits per heavy atom. The van der Waals surface area contributed by atoms with E-state index in [1.165, 1.54) is 25.2 Å². The number of primary amides is 1.